The first-order chi connectivity index (χ1) is 8.74. The zero-order chi connectivity index (χ0) is 13.0. The number of thioether (sulfide) groups is 1. The van der Waals surface area contributed by atoms with Crippen LogP contribution in [0.2, 0.25) is 0 Å². The molecule has 0 unspecified atom stereocenters. The summed E-state index contributed by atoms with van der Waals surface area (Å²) in [6.07, 6.45) is 10.5. The van der Waals surface area contributed by atoms with Crippen molar-refractivity contribution in [3.63, 3.8) is 0 Å². The van der Waals surface area contributed by atoms with Crippen molar-refractivity contribution in [3.05, 3.63) is 0 Å². The van der Waals surface area contributed by atoms with E-state index >= 15 is 0 Å². The molecule has 2 fully saturated rings. The van der Waals surface area contributed by atoms with Crippen LogP contribution in [0.3, 0.4) is 0 Å². The Labute approximate surface area is 115 Å². The molecule has 18 heavy (non-hydrogen) atoms. The third kappa shape index (κ3) is 3.21. The molecule has 0 aromatic rings. The Morgan fingerprint density at radius 2 is 2.06 bits per heavy atom. The molecule has 2 rings (SSSR count). The molecule has 1 amide bonds. The maximum Gasteiger partial charge on any atom is 0.239 e. The number of carbonyl (C=O) groups is 1. The molecule has 3 atom stereocenters. The van der Waals surface area contributed by atoms with Crippen LogP contribution in [0.1, 0.15) is 44.9 Å². The van der Waals surface area contributed by atoms with Crippen LogP contribution >= 0.6 is 11.8 Å². The summed E-state index contributed by atoms with van der Waals surface area (Å²) in [7, 11) is 0. The summed E-state index contributed by atoms with van der Waals surface area (Å²) in [5, 5.41) is 0. The predicted molar refractivity (Wildman–Crippen MR) is 77.7 cm³/mol. The van der Waals surface area contributed by atoms with Crippen molar-refractivity contribution in [1.29, 1.82) is 0 Å². The molecule has 1 aliphatic heterocycles. The van der Waals surface area contributed by atoms with Gasteiger partial charge in [0.05, 0.1) is 6.04 Å². The molecule has 0 aromatic heterocycles. The van der Waals surface area contributed by atoms with Gasteiger partial charge >= 0.3 is 0 Å². The number of nitrogens with zero attached hydrogens (tertiary/aromatic N) is 1. The molecule has 0 spiro atoms. The SMILES string of the molecule is CSCC[C@H](N)C(=O)N1CCC[C@H]2CCCC[C@H]21. The lowest BCUT2D eigenvalue weighted by atomic mass is 9.78. The third-order valence-corrected chi connectivity index (χ3v) is 5.12. The summed E-state index contributed by atoms with van der Waals surface area (Å²) in [4.78, 5) is 14.6. The van der Waals surface area contributed by atoms with Crippen LogP contribution < -0.4 is 5.73 Å². The van der Waals surface area contributed by atoms with Crippen LogP contribution in [-0.2, 0) is 4.79 Å². The second-order valence-corrected chi connectivity index (χ2v) is 6.66. The van der Waals surface area contributed by atoms with Gasteiger partial charge in [0.25, 0.3) is 0 Å². The Balaban J connectivity index is 1.95. The summed E-state index contributed by atoms with van der Waals surface area (Å²) in [5.74, 6) is 1.94. The number of amides is 1. The van der Waals surface area contributed by atoms with Gasteiger partial charge in [-0.2, -0.15) is 11.8 Å². The van der Waals surface area contributed by atoms with Gasteiger partial charge in [0.2, 0.25) is 5.91 Å². The van der Waals surface area contributed by atoms with Gasteiger partial charge in [0, 0.05) is 12.6 Å². The molecule has 0 radical (unpaired) electrons. The molecular formula is C14H26N2OS. The molecule has 0 aromatic carbocycles. The number of hydrogen-bond donors (Lipinski definition) is 1. The van der Waals surface area contributed by atoms with Crippen molar-refractivity contribution >= 4 is 17.7 Å². The Bertz CT molecular complexity index is 283. The van der Waals surface area contributed by atoms with Crippen LogP contribution in [-0.4, -0.2) is 41.4 Å². The number of piperidine rings is 1. The van der Waals surface area contributed by atoms with Crippen molar-refractivity contribution < 1.29 is 4.79 Å². The van der Waals surface area contributed by atoms with Gasteiger partial charge in [-0.1, -0.05) is 12.8 Å². The highest BCUT2D eigenvalue weighted by molar-refractivity contribution is 7.98. The van der Waals surface area contributed by atoms with Gasteiger partial charge in [-0.3, -0.25) is 4.79 Å². The van der Waals surface area contributed by atoms with E-state index in [4.69, 9.17) is 5.73 Å². The number of likely N-dealkylation sites (tertiary alicyclic amines) is 1. The highest BCUT2D eigenvalue weighted by atomic mass is 32.2. The second-order valence-electron chi connectivity index (χ2n) is 5.67. The molecule has 2 aliphatic rings. The lowest BCUT2D eigenvalue weighted by molar-refractivity contribution is -0.139. The minimum atomic E-state index is -0.280. The molecule has 2 N–H and O–H groups in total. The maximum absolute atomic E-state index is 12.5. The monoisotopic (exact) mass is 270 g/mol. The highest BCUT2D eigenvalue weighted by Crippen LogP contribution is 2.35. The fraction of sp³-hybridized carbons (Fsp3) is 0.929. The first kappa shape index (κ1) is 14.2. The maximum atomic E-state index is 12.5. The Kier molecular flexibility index (Phi) is 5.37. The van der Waals surface area contributed by atoms with E-state index in [0.29, 0.717) is 6.04 Å². The Morgan fingerprint density at radius 3 is 2.83 bits per heavy atom. The normalized spacial score (nSPS) is 29.8. The van der Waals surface area contributed by atoms with Crippen LogP contribution in [0.4, 0.5) is 0 Å². The van der Waals surface area contributed by atoms with Crippen molar-refractivity contribution in [2.24, 2.45) is 11.7 Å². The Morgan fingerprint density at radius 1 is 1.33 bits per heavy atom. The molecule has 4 heteroatoms. The fourth-order valence-electron chi connectivity index (χ4n) is 3.48. The summed E-state index contributed by atoms with van der Waals surface area (Å²) in [6.45, 7) is 0.937. The topological polar surface area (TPSA) is 46.3 Å². The zero-order valence-electron chi connectivity index (χ0n) is 11.4. The molecule has 0 bridgehead atoms. The van der Waals surface area contributed by atoms with Crippen LogP contribution in [0.5, 0.6) is 0 Å². The molecule has 1 saturated carbocycles. The number of fused-ring (bicyclic) bond motifs is 1. The van der Waals surface area contributed by atoms with Crippen molar-refractivity contribution in [2.45, 2.75) is 57.0 Å². The van der Waals surface area contributed by atoms with Crippen LogP contribution in [0.15, 0.2) is 0 Å². The van der Waals surface area contributed by atoms with E-state index in [1.165, 1.54) is 38.5 Å². The Hall–Kier alpha value is -0.220. The highest BCUT2D eigenvalue weighted by Gasteiger charge is 2.36. The van der Waals surface area contributed by atoms with Crippen molar-refractivity contribution in [3.8, 4) is 0 Å². The van der Waals surface area contributed by atoms with E-state index < -0.39 is 0 Å². The number of rotatable bonds is 4. The van der Waals surface area contributed by atoms with E-state index in [2.05, 4.69) is 11.2 Å². The molecule has 1 saturated heterocycles. The van der Waals surface area contributed by atoms with E-state index in [0.717, 1.165) is 24.6 Å². The second kappa shape index (κ2) is 6.80. The van der Waals surface area contributed by atoms with E-state index in [1.807, 2.05) is 0 Å². The molecule has 104 valence electrons. The lowest BCUT2D eigenvalue weighted by Gasteiger charge is -2.45. The molecule has 3 nitrogen and oxygen atoms in total. The minimum absolute atomic E-state index is 0.209. The fourth-order valence-corrected chi connectivity index (χ4v) is 3.97. The summed E-state index contributed by atoms with van der Waals surface area (Å²) < 4.78 is 0. The average Bonchev–Trinajstić information content (AvgIpc) is 2.43. The van der Waals surface area contributed by atoms with E-state index in [-0.39, 0.29) is 11.9 Å². The van der Waals surface area contributed by atoms with Gasteiger partial charge < -0.3 is 10.6 Å². The van der Waals surface area contributed by atoms with Gasteiger partial charge in [0.1, 0.15) is 0 Å². The molecular weight excluding hydrogens is 244 g/mol. The smallest absolute Gasteiger partial charge is 0.239 e. The minimum Gasteiger partial charge on any atom is -0.338 e. The van der Waals surface area contributed by atoms with Gasteiger partial charge in [-0.15, -0.1) is 0 Å². The van der Waals surface area contributed by atoms with Crippen molar-refractivity contribution in [2.75, 3.05) is 18.6 Å². The third-order valence-electron chi connectivity index (χ3n) is 4.48. The van der Waals surface area contributed by atoms with E-state index in [1.54, 1.807) is 11.8 Å². The lowest BCUT2D eigenvalue weighted by Crippen LogP contribution is -2.54. The largest absolute Gasteiger partial charge is 0.338 e. The summed E-state index contributed by atoms with van der Waals surface area (Å²) >= 11 is 1.77. The van der Waals surface area contributed by atoms with E-state index in [9.17, 15) is 4.79 Å². The van der Waals surface area contributed by atoms with Crippen molar-refractivity contribution in [1.82, 2.24) is 4.90 Å². The van der Waals surface area contributed by atoms with Gasteiger partial charge in [-0.05, 0) is 50.0 Å². The number of nitrogens with two attached hydrogens (primary N) is 1. The predicted octanol–water partition coefficient (Wildman–Crippen LogP) is 2.25. The quantitative estimate of drug-likeness (QED) is 0.852. The number of carbonyl (C=O) groups excluding carboxylic acids is 1. The summed E-state index contributed by atoms with van der Waals surface area (Å²) in [5.41, 5.74) is 6.05. The average molecular weight is 270 g/mol. The summed E-state index contributed by atoms with van der Waals surface area (Å²) in [6, 6.07) is 0.221. The zero-order valence-corrected chi connectivity index (χ0v) is 12.3. The van der Waals surface area contributed by atoms with Gasteiger partial charge in [0.15, 0.2) is 0 Å². The molecule has 1 aliphatic carbocycles. The van der Waals surface area contributed by atoms with Crippen LogP contribution in [0.25, 0.3) is 0 Å². The standard InChI is InChI=1S/C14H26N2OS/c1-18-10-8-12(15)14(17)16-9-4-6-11-5-2-3-7-13(11)16/h11-13H,2-10,15H2,1H3/t11-,12+,13-/m1/s1. The molecule has 1 heterocycles. The van der Waals surface area contributed by atoms with Gasteiger partial charge in [-0.25, -0.2) is 0 Å². The first-order valence-electron chi connectivity index (χ1n) is 7.29. The first-order valence-corrected chi connectivity index (χ1v) is 8.68. The number of hydrogen-bond acceptors (Lipinski definition) is 3. The van der Waals surface area contributed by atoms with Crippen LogP contribution in [0, 0.1) is 5.92 Å².